The quantitative estimate of drug-likeness (QED) is 0.751. The van der Waals surface area contributed by atoms with Crippen LogP contribution in [0.3, 0.4) is 0 Å². The van der Waals surface area contributed by atoms with E-state index < -0.39 is 0 Å². The van der Waals surface area contributed by atoms with Crippen LogP contribution in [0.4, 0.5) is 11.6 Å². The molecule has 5 nitrogen and oxygen atoms in total. The fraction of sp³-hybridized carbons (Fsp3) is 0.750. The second kappa shape index (κ2) is 6.18. The number of hydrogen-bond acceptors (Lipinski definition) is 5. The molecule has 116 valence electrons. The minimum Gasteiger partial charge on any atom is -0.396 e. The van der Waals surface area contributed by atoms with Crippen LogP contribution in [0.5, 0.6) is 0 Å². The van der Waals surface area contributed by atoms with Crippen molar-refractivity contribution in [1.29, 1.82) is 0 Å². The van der Waals surface area contributed by atoms with Crippen LogP contribution in [0.15, 0.2) is 0 Å². The standard InChI is InChI=1S/C16H26N4O/c1-10-14(17-2)19-16(11-6-7-11)20-15(10)18-8-12-4-3-5-13(12)9-21/h11-13,21H,3-9H2,1-2H3,(H2,17,18,19,20). The minimum atomic E-state index is 0.310. The maximum atomic E-state index is 9.43. The molecule has 0 spiro atoms. The summed E-state index contributed by atoms with van der Waals surface area (Å²) in [6.07, 6.45) is 6.01. The third kappa shape index (κ3) is 3.12. The molecule has 0 saturated heterocycles. The van der Waals surface area contributed by atoms with Gasteiger partial charge in [0.1, 0.15) is 17.5 Å². The first kappa shape index (κ1) is 14.6. The van der Waals surface area contributed by atoms with E-state index in [4.69, 9.17) is 4.98 Å². The van der Waals surface area contributed by atoms with Crippen LogP contribution in [0.1, 0.15) is 49.4 Å². The lowest BCUT2D eigenvalue weighted by Gasteiger charge is -2.20. The van der Waals surface area contributed by atoms with E-state index in [2.05, 4.69) is 22.5 Å². The molecule has 2 aliphatic rings. The lowest BCUT2D eigenvalue weighted by Crippen LogP contribution is -2.22. The molecule has 1 heterocycles. The van der Waals surface area contributed by atoms with Gasteiger partial charge in [0.05, 0.1) is 0 Å². The normalized spacial score (nSPS) is 25.1. The molecule has 3 rings (SSSR count). The number of aliphatic hydroxyl groups excluding tert-OH is 1. The van der Waals surface area contributed by atoms with Gasteiger partial charge in [0.2, 0.25) is 0 Å². The van der Waals surface area contributed by atoms with E-state index in [1.807, 2.05) is 7.05 Å². The monoisotopic (exact) mass is 290 g/mol. The Bertz CT molecular complexity index is 501. The van der Waals surface area contributed by atoms with Gasteiger partial charge in [-0.15, -0.1) is 0 Å². The van der Waals surface area contributed by atoms with E-state index in [0.717, 1.165) is 36.0 Å². The highest BCUT2D eigenvalue weighted by Gasteiger charge is 2.29. The van der Waals surface area contributed by atoms with Crippen molar-refractivity contribution in [3.05, 3.63) is 11.4 Å². The Morgan fingerprint density at radius 3 is 2.48 bits per heavy atom. The molecule has 2 aliphatic carbocycles. The summed E-state index contributed by atoms with van der Waals surface area (Å²) >= 11 is 0. The van der Waals surface area contributed by atoms with Crippen molar-refractivity contribution in [2.45, 2.75) is 44.9 Å². The minimum absolute atomic E-state index is 0.310. The second-order valence-corrected chi connectivity index (χ2v) is 6.44. The van der Waals surface area contributed by atoms with Gasteiger partial charge >= 0.3 is 0 Å². The highest BCUT2D eigenvalue weighted by Crippen LogP contribution is 2.39. The fourth-order valence-corrected chi connectivity index (χ4v) is 3.32. The number of aromatic nitrogens is 2. The lowest BCUT2D eigenvalue weighted by atomic mass is 9.97. The van der Waals surface area contributed by atoms with E-state index in [1.165, 1.54) is 25.7 Å². The van der Waals surface area contributed by atoms with Gasteiger partial charge in [-0.25, -0.2) is 9.97 Å². The lowest BCUT2D eigenvalue weighted by molar-refractivity contribution is 0.199. The van der Waals surface area contributed by atoms with Gasteiger partial charge in [0.15, 0.2) is 0 Å². The number of hydrogen-bond donors (Lipinski definition) is 3. The molecule has 0 radical (unpaired) electrons. The van der Waals surface area contributed by atoms with Crippen LogP contribution in [-0.2, 0) is 0 Å². The summed E-state index contributed by atoms with van der Waals surface area (Å²) in [6.45, 7) is 3.27. The van der Waals surface area contributed by atoms with Gasteiger partial charge in [-0.3, -0.25) is 0 Å². The van der Waals surface area contributed by atoms with Gasteiger partial charge in [0, 0.05) is 31.7 Å². The summed E-state index contributed by atoms with van der Waals surface area (Å²) in [6, 6.07) is 0. The van der Waals surface area contributed by atoms with Crippen LogP contribution in [0.25, 0.3) is 0 Å². The second-order valence-electron chi connectivity index (χ2n) is 6.44. The molecule has 0 aromatic carbocycles. The first-order valence-corrected chi connectivity index (χ1v) is 8.14. The number of rotatable bonds is 6. The third-order valence-corrected chi connectivity index (χ3v) is 4.93. The Morgan fingerprint density at radius 1 is 1.10 bits per heavy atom. The number of aliphatic hydroxyl groups is 1. The Morgan fingerprint density at radius 2 is 1.81 bits per heavy atom. The van der Waals surface area contributed by atoms with Crippen molar-refractivity contribution in [3.8, 4) is 0 Å². The van der Waals surface area contributed by atoms with Gasteiger partial charge in [0.25, 0.3) is 0 Å². The van der Waals surface area contributed by atoms with Crippen molar-refractivity contribution >= 4 is 11.6 Å². The Balaban J connectivity index is 1.73. The SMILES string of the molecule is CNc1nc(C2CC2)nc(NCC2CCCC2CO)c1C. The van der Waals surface area contributed by atoms with Crippen LogP contribution in [-0.4, -0.2) is 35.3 Å². The summed E-state index contributed by atoms with van der Waals surface area (Å²) in [5.74, 6) is 4.42. The van der Waals surface area contributed by atoms with Crippen molar-refractivity contribution < 1.29 is 5.11 Å². The van der Waals surface area contributed by atoms with E-state index in [0.29, 0.717) is 24.4 Å². The van der Waals surface area contributed by atoms with E-state index in [1.54, 1.807) is 0 Å². The summed E-state index contributed by atoms with van der Waals surface area (Å²) in [5, 5.41) is 16.1. The smallest absolute Gasteiger partial charge is 0.136 e. The largest absolute Gasteiger partial charge is 0.396 e. The number of nitrogens with one attached hydrogen (secondary N) is 2. The molecule has 1 aromatic heterocycles. The van der Waals surface area contributed by atoms with Crippen LogP contribution < -0.4 is 10.6 Å². The van der Waals surface area contributed by atoms with Gasteiger partial charge in [-0.05, 0) is 44.4 Å². The Kier molecular flexibility index (Phi) is 4.29. The predicted molar refractivity (Wildman–Crippen MR) is 84.7 cm³/mol. The topological polar surface area (TPSA) is 70.1 Å². The molecule has 0 aliphatic heterocycles. The zero-order chi connectivity index (χ0) is 14.8. The Hall–Kier alpha value is -1.36. The Labute approximate surface area is 126 Å². The highest BCUT2D eigenvalue weighted by molar-refractivity contribution is 5.57. The van der Waals surface area contributed by atoms with Crippen molar-refractivity contribution in [2.75, 3.05) is 30.8 Å². The molecule has 2 unspecified atom stereocenters. The molecule has 21 heavy (non-hydrogen) atoms. The van der Waals surface area contributed by atoms with E-state index >= 15 is 0 Å². The summed E-state index contributed by atoms with van der Waals surface area (Å²) < 4.78 is 0. The molecule has 2 fully saturated rings. The predicted octanol–water partition coefficient (Wildman–Crippen LogP) is 2.52. The number of nitrogens with zero attached hydrogens (tertiary/aromatic N) is 2. The summed E-state index contributed by atoms with van der Waals surface area (Å²) in [7, 11) is 1.91. The van der Waals surface area contributed by atoms with Crippen molar-refractivity contribution in [1.82, 2.24) is 9.97 Å². The van der Waals surface area contributed by atoms with Crippen molar-refractivity contribution in [2.24, 2.45) is 11.8 Å². The molecule has 3 N–H and O–H groups in total. The van der Waals surface area contributed by atoms with E-state index in [-0.39, 0.29) is 0 Å². The maximum absolute atomic E-state index is 9.43. The van der Waals surface area contributed by atoms with Crippen molar-refractivity contribution in [3.63, 3.8) is 0 Å². The molecule has 5 heteroatoms. The average Bonchev–Trinajstić information content (AvgIpc) is 3.25. The third-order valence-electron chi connectivity index (χ3n) is 4.93. The highest BCUT2D eigenvalue weighted by atomic mass is 16.3. The van der Waals surface area contributed by atoms with Gasteiger partial charge in [-0.1, -0.05) is 6.42 Å². The fourth-order valence-electron chi connectivity index (χ4n) is 3.32. The molecule has 2 atom stereocenters. The summed E-state index contributed by atoms with van der Waals surface area (Å²) in [5.41, 5.74) is 1.08. The average molecular weight is 290 g/mol. The zero-order valence-corrected chi connectivity index (χ0v) is 13.0. The van der Waals surface area contributed by atoms with Crippen LogP contribution >= 0.6 is 0 Å². The van der Waals surface area contributed by atoms with E-state index in [9.17, 15) is 5.11 Å². The van der Waals surface area contributed by atoms with Crippen LogP contribution in [0.2, 0.25) is 0 Å². The summed E-state index contributed by atoms with van der Waals surface area (Å²) in [4.78, 5) is 9.35. The van der Waals surface area contributed by atoms with Crippen LogP contribution in [0, 0.1) is 18.8 Å². The molecule has 0 bridgehead atoms. The van der Waals surface area contributed by atoms with Gasteiger partial charge < -0.3 is 15.7 Å². The van der Waals surface area contributed by atoms with Gasteiger partial charge in [-0.2, -0.15) is 0 Å². The number of anilines is 2. The molecule has 1 aromatic rings. The maximum Gasteiger partial charge on any atom is 0.136 e. The molecule has 0 amide bonds. The zero-order valence-electron chi connectivity index (χ0n) is 13.0. The first-order chi connectivity index (χ1) is 10.2. The molecular formula is C16H26N4O. The molecule has 2 saturated carbocycles. The first-order valence-electron chi connectivity index (χ1n) is 8.14. The molecular weight excluding hydrogens is 264 g/mol.